The number of esters is 1. The van der Waals surface area contributed by atoms with E-state index in [0.29, 0.717) is 11.0 Å². The molecular weight excluding hydrogens is 212 g/mol. The molecule has 0 radical (unpaired) electrons. The first kappa shape index (κ1) is 10.2. The van der Waals surface area contributed by atoms with Gasteiger partial charge in [-0.15, -0.1) is 0 Å². The summed E-state index contributed by atoms with van der Waals surface area (Å²) in [7, 11) is 1.26. The number of rotatable bonds is 2. The predicted molar refractivity (Wildman–Crippen MR) is 54.4 cm³/mol. The van der Waals surface area contributed by atoms with Gasteiger partial charge in [-0.05, 0) is 18.2 Å². The second-order valence-corrected chi connectivity index (χ2v) is 3.11. The van der Waals surface area contributed by atoms with Crippen molar-refractivity contribution in [2.75, 3.05) is 7.11 Å². The summed E-state index contributed by atoms with van der Waals surface area (Å²) in [5, 5.41) is 8.76. The van der Waals surface area contributed by atoms with Crippen LogP contribution in [-0.2, 0) is 4.74 Å². The summed E-state index contributed by atoms with van der Waals surface area (Å²) in [6, 6.07) is 4.42. The lowest BCUT2D eigenvalue weighted by atomic mass is 10.3. The van der Waals surface area contributed by atoms with Crippen LogP contribution in [0.15, 0.2) is 18.2 Å². The van der Waals surface area contributed by atoms with Gasteiger partial charge in [-0.2, -0.15) is 0 Å². The number of aromatic carboxylic acids is 1. The molecule has 0 saturated heterocycles. The van der Waals surface area contributed by atoms with Crippen LogP contribution < -0.4 is 0 Å². The van der Waals surface area contributed by atoms with E-state index in [1.165, 1.54) is 19.2 Å². The number of nitrogens with one attached hydrogen (secondary N) is 1. The first-order chi connectivity index (χ1) is 7.61. The Kier molecular flexibility index (Phi) is 2.32. The van der Waals surface area contributed by atoms with Crippen LogP contribution in [0.2, 0.25) is 0 Å². The summed E-state index contributed by atoms with van der Waals surface area (Å²) >= 11 is 0. The standard InChI is InChI=1S/C10H8N2O4/c1-16-10(15)6-3-2-5-7(12-6)4-8(11-5)9(13)14/h2-4,11H,1H3,(H,13,14). The molecule has 0 atom stereocenters. The molecule has 0 aliphatic heterocycles. The van der Waals surface area contributed by atoms with Crippen molar-refractivity contribution >= 4 is 23.0 Å². The number of pyridine rings is 1. The zero-order valence-electron chi connectivity index (χ0n) is 8.35. The van der Waals surface area contributed by atoms with Crippen molar-refractivity contribution < 1.29 is 19.4 Å². The summed E-state index contributed by atoms with van der Waals surface area (Å²) in [6.07, 6.45) is 0. The van der Waals surface area contributed by atoms with Gasteiger partial charge in [0.1, 0.15) is 11.4 Å². The number of hydrogen-bond acceptors (Lipinski definition) is 4. The summed E-state index contributed by atoms with van der Waals surface area (Å²) in [6.45, 7) is 0. The van der Waals surface area contributed by atoms with E-state index in [1.807, 2.05) is 0 Å². The molecule has 6 heteroatoms. The maximum atomic E-state index is 11.2. The number of nitrogens with zero attached hydrogens (tertiary/aromatic N) is 1. The summed E-state index contributed by atoms with van der Waals surface area (Å²) in [5.74, 6) is -1.63. The highest BCUT2D eigenvalue weighted by Gasteiger charge is 2.11. The van der Waals surface area contributed by atoms with E-state index in [0.717, 1.165) is 0 Å². The number of carbonyl (C=O) groups excluding carboxylic acids is 1. The number of carboxylic acid groups (broad SMARTS) is 1. The number of H-pyrrole nitrogens is 1. The van der Waals surface area contributed by atoms with Crippen LogP contribution in [0.5, 0.6) is 0 Å². The molecule has 2 aromatic heterocycles. The van der Waals surface area contributed by atoms with Crippen LogP contribution >= 0.6 is 0 Å². The maximum absolute atomic E-state index is 11.2. The molecular formula is C10H8N2O4. The third-order valence-electron chi connectivity index (χ3n) is 2.10. The molecule has 0 saturated carbocycles. The first-order valence-electron chi connectivity index (χ1n) is 4.43. The quantitative estimate of drug-likeness (QED) is 0.738. The Labute approximate surface area is 89.9 Å². The predicted octanol–water partition coefficient (Wildman–Crippen LogP) is 1.05. The van der Waals surface area contributed by atoms with Gasteiger partial charge in [0.25, 0.3) is 0 Å². The lowest BCUT2D eigenvalue weighted by Crippen LogP contribution is -2.03. The Morgan fingerprint density at radius 3 is 2.81 bits per heavy atom. The molecule has 0 unspecified atom stereocenters. The van der Waals surface area contributed by atoms with E-state index >= 15 is 0 Å². The van der Waals surface area contributed by atoms with Gasteiger partial charge in [-0.1, -0.05) is 0 Å². The fourth-order valence-corrected chi connectivity index (χ4v) is 1.34. The van der Waals surface area contributed by atoms with Crippen molar-refractivity contribution in [1.29, 1.82) is 0 Å². The second kappa shape index (κ2) is 3.65. The molecule has 0 spiro atoms. The molecule has 0 bridgehead atoms. The SMILES string of the molecule is COC(=O)c1ccc2[nH]c(C(=O)O)cc2n1. The van der Waals surface area contributed by atoms with Crippen molar-refractivity contribution in [3.8, 4) is 0 Å². The van der Waals surface area contributed by atoms with Crippen LogP contribution in [0.1, 0.15) is 21.0 Å². The summed E-state index contributed by atoms with van der Waals surface area (Å²) in [4.78, 5) is 28.5. The Balaban J connectivity index is 2.53. The molecule has 0 aliphatic carbocycles. The number of ether oxygens (including phenoxy) is 1. The number of carboxylic acids is 1. The van der Waals surface area contributed by atoms with Gasteiger partial charge in [0.05, 0.1) is 18.1 Å². The smallest absolute Gasteiger partial charge is 0.356 e. The van der Waals surface area contributed by atoms with Crippen molar-refractivity contribution in [2.24, 2.45) is 0 Å². The molecule has 0 amide bonds. The summed E-state index contributed by atoms with van der Waals surface area (Å²) < 4.78 is 4.51. The van der Waals surface area contributed by atoms with Crippen LogP contribution in [0.3, 0.4) is 0 Å². The lowest BCUT2D eigenvalue weighted by molar-refractivity contribution is 0.0593. The minimum absolute atomic E-state index is 0.0320. The Bertz CT molecular complexity index is 573. The topological polar surface area (TPSA) is 92.3 Å². The minimum Gasteiger partial charge on any atom is -0.477 e. The number of aromatic amines is 1. The molecule has 0 aliphatic rings. The number of hydrogen-bond donors (Lipinski definition) is 2. The van der Waals surface area contributed by atoms with Gasteiger partial charge >= 0.3 is 11.9 Å². The highest BCUT2D eigenvalue weighted by atomic mass is 16.5. The van der Waals surface area contributed by atoms with E-state index in [-0.39, 0.29) is 11.4 Å². The maximum Gasteiger partial charge on any atom is 0.356 e. The van der Waals surface area contributed by atoms with Gasteiger partial charge in [0.2, 0.25) is 0 Å². The molecule has 2 N–H and O–H groups in total. The average Bonchev–Trinajstić information content (AvgIpc) is 2.70. The monoisotopic (exact) mass is 220 g/mol. The van der Waals surface area contributed by atoms with Crippen LogP contribution in [-0.4, -0.2) is 34.1 Å². The molecule has 16 heavy (non-hydrogen) atoms. The van der Waals surface area contributed by atoms with Crippen LogP contribution in [0.25, 0.3) is 11.0 Å². The van der Waals surface area contributed by atoms with Gasteiger partial charge in [0, 0.05) is 0 Å². The molecule has 82 valence electrons. The fourth-order valence-electron chi connectivity index (χ4n) is 1.34. The van der Waals surface area contributed by atoms with Crippen LogP contribution in [0, 0.1) is 0 Å². The number of methoxy groups -OCH3 is 1. The van der Waals surface area contributed by atoms with E-state index < -0.39 is 11.9 Å². The zero-order chi connectivity index (χ0) is 11.7. The van der Waals surface area contributed by atoms with Gasteiger partial charge in [-0.25, -0.2) is 14.6 Å². The molecule has 2 aromatic rings. The Hall–Kier alpha value is -2.37. The fraction of sp³-hybridized carbons (Fsp3) is 0.100. The highest BCUT2D eigenvalue weighted by molar-refractivity contribution is 5.94. The highest BCUT2D eigenvalue weighted by Crippen LogP contribution is 2.14. The zero-order valence-corrected chi connectivity index (χ0v) is 8.35. The van der Waals surface area contributed by atoms with Gasteiger partial charge < -0.3 is 14.8 Å². The molecule has 0 aromatic carbocycles. The number of fused-ring (bicyclic) bond motifs is 1. The Morgan fingerprint density at radius 1 is 1.44 bits per heavy atom. The van der Waals surface area contributed by atoms with Crippen molar-refractivity contribution in [2.45, 2.75) is 0 Å². The average molecular weight is 220 g/mol. The third-order valence-corrected chi connectivity index (χ3v) is 2.10. The van der Waals surface area contributed by atoms with E-state index in [1.54, 1.807) is 6.07 Å². The van der Waals surface area contributed by atoms with E-state index in [2.05, 4.69) is 14.7 Å². The van der Waals surface area contributed by atoms with Crippen molar-refractivity contribution in [3.05, 3.63) is 29.6 Å². The molecule has 2 heterocycles. The normalized spacial score (nSPS) is 10.3. The lowest BCUT2D eigenvalue weighted by Gasteiger charge is -1.97. The van der Waals surface area contributed by atoms with E-state index in [4.69, 9.17) is 5.11 Å². The molecule has 2 rings (SSSR count). The number of aromatic nitrogens is 2. The van der Waals surface area contributed by atoms with Crippen molar-refractivity contribution in [3.63, 3.8) is 0 Å². The van der Waals surface area contributed by atoms with Gasteiger partial charge in [-0.3, -0.25) is 0 Å². The first-order valence-corrected chi connectivity index (χ1v) is 4.43. The molecule has 6 nitrogen and oxygen atoms in total. The second-order valence-electron chi connectivity index (χ2n) is 3.11. The van der Waals surface area contributed by atoms with Crippen molar-refractivity contribution in [1.82, 2.24) is 9.97 Å². The third kappa shape index (κ3) is 1.60. The largest absolute Gasteiger partial charge is 0.477 e. The summed E-state index contributed by atoms with van der Waals surface area (Å²) in [5.41, 5.74) is 1.15. The Morgan fingerprint density at radius 2 is 2.19 bits per heavy atom. The van der Waals surface area contributed by atoms with Crippen LogP contribution in [0.4, 0.5) is 0 Å². The van der Waals surface area contributed by atoms with E-state index in [9.17, 15) is 9.59 Å². The number of carbonyl (C=O) groups is 2. The minimum atomic E-state index is -1.07. The molecule has 0 fully saturated rings. The van der Waals surface area contributed by atoms with Gasteiger partial charge in [0.15, 0.2) is 0 Å².